The van der Waals surface area contributed by atoms with Gasteiger partial charge in [-0.3, -0.25) is 9.59 Å². The van der Waals surface area contributed by atoms with Crippen molar-refractivity contribution in [3.8, 4) is 0 Å². The summed E-state index contributed by atoms with van der Waals surface area (Å²) in [4.78, 5) is 45.8. The van der Waals surface area contributed by atoms with E-state index in [1.165, 1.54) is 7.05 Å². The van der Waals surface area contributed by atoms with Crippen molar-refractivity contribution in [1.82, 2.24) is 15.5 Å². The molecule has 0 aromatic heterocycles. The van der Waals surface area contributed by atoms with Crippen LogP contribution in [0.25, 0.3) is 0 Å². The lowest BCUT2D eigenvalue weighted by molar-refractivity contribution is -0.139. The van der Waals surface area contributed by atoms with Crippen molar-refractivity contribution in [2.45, 2.75) is 25.8 Å². The molecule has 0 saturated heterocycles. The van der Waals surface area contributed by atoms with Crippen molar-refractivity contribution in [2.75, 3.05) is 20.1 Å². The number of carboxylic acid groups (broad SMARTS) is 1. The van der Waals surface area contributed by atoms with E-state index >= 15 is 0 Å². The van der Waals surface area contributed by atoms with Gasteiger partial charge in [0, 0.05) is 20.0 Å². The number of primary amides is 1. The van der Waals surface area contributed by atoms with Crippen molar-refractivity contribution in [3.05, 3.63) is 0 Å². The van der Waals surface area contributed by atoms with E-state index in [2.05, 4.69) is 10.6 Å². The van der Waals surface area contributed by atoms with E-state index in [0.29, 0.717) is 0 Å². The zero-order chi connectivity index (χ0) is 15.7. The molecule has 0 saturated carbocycles. The van der Waals surface area contributed by atoms with Crippen molar-refractivity contribution in [3.63, 3.8) is 0 Å². The highest BCUT2D eigenvalue weighted by atomic mass is 16.4. The molecule has 0 bridgehead atoms. The summed E-state index contributed by atoms with van der Waals surface area (Å²) >= 11 is 0. The molecular weight excluding hydrogens is 268 g/mol. The maximum atomic E-state index is 11.8. The molecule has 0 aliphatic carbocycles. The van der Waals surface area contributed by atoms with Gasteiger partial charge in [0.2, 0.25) is 11.8 Å². The van der Waals surface area contributed by atoms with Crippen LogP contribution in [-0.2, 0) is 14.4 Å². The first kappa shape index (κ1) is 17.7. The Balaban J connectivity index is 4.59. The smallest absolute Gasteiger partial charge is 0.326 e. The molecule has 0 aliphatic rings. The Morgan fingerprint density at radius 2 is 1.90 bits per heavy atom. The molecule has 9 nitrogen and oxygen atoms in total. The van der Waals surface area contributed by atoms with Gasteiger partial charge in [-0.25, -0.2) is 9.59 Å². The molecule has 1 atom stereocenters. The largest absolute Gasteiger partial charge is 0.480 e. The molecule has 5 N–H and O–H groups in total. The van der Waals surface area contributed by atoms with Crippen LogP contribution in [0.3, 0.4) is 0 Å². The van der Waals surface area contributed by atoms with Crippen molar-refractivity contribution < 1.29 is 24.3 Å². The lowest BCUT2D eigenvalue weighted by Gasteiger charge is -2.23. The van der Waals surface area contributed by atoms with Crippen molar-refractivity contribution >= 4 is 23.8 Å². The maximum absolute atomic E-state index is 11.8. The monoisotopic (exact) mass is 288 g/mol. The van der Waals surface area contributed by atoms with Crippen LogP contribution in [0.1, 0.15) is 19.8 Å². The average molecular weight is 288 g/mol. The predicted octanol–water partition coefficient (Wildman–Crippen LogP) is -1.52. The second kappa shape index (κ2) is 8.73. The van der Waals surface area contributed by atoms with Crippen LogP contribution in [0.5, 0.6) is 0 Å². The van der Waals surface area contributed by atoms with Crippen LogP contribution in [0.4, 0.5) is 4.79 Å². The topological polar surface area (TPSA) is 142 Å². The van der Waals surface area contributed by atoms with E-state index in [0.717, 1.165) is 4.90 Å². The predicted molar refractivity (Wildman–Crippen MR) is 69.7 cm³/mol. The molecule has 9 heteroatoms. The Hall–Kier alpha value is -2.32. The zero-order valence-electron chi connectivity index (χ0n) is 11.5. The number of nitrogens with one attached hydrogen (secondary N) is 2. The molecule has 0 fully saturated rings. The first-order chi connectivity index (χ1) is 9.31. The normalized spacial score (nSPS) is 11.3. The number of aliphatic carboxylic acids is 1. The number of amides is 4. The standard InChI is InChI=1S/C11H20N4O5/c1-3-15(6-9(17)13-2)11(20)14-7(10(18)19)4-5-8(12)16/h7H,3-6H2,1-2H3,(H2,12,16)(H,13,17)(H,14,20)(H,18,19). The minimum absolute atomic E-state index is 0.103. The quantitative estimate of drug-likeness (QED) is 0.429. The fraction of sp³-hybridized carbons (Fsp3) is 0.636. The first-order valence-corrected chi connectivity index (χ1v) is 6.08. The Kier molecular flexibility index (Phi) is 7.71. The molecule has 0 aliphatic heterocycles. The van der Waals surface area contributed by atoms with Crippen LogP contribution in [-0.4, -0.2) is 60.0 Å². The summed E-state index contributed by atoms with van der Waals surface area (Å²) in [5.74, 6) is -2.29. The van der Waals surface area contributed by atoms with Crippen LogP contribution in [0, 0.1) is 0 Å². The van der Waals surface area contributed by atoms with E-state index < -0.39 is 23.9 Å². The highest BCUT2D eigenvalue weighted by Crippen LogP contribution is 1.99. The van der Waals surface area contributed by atoms with Crippen LogP contribution in [0.15, 0.2) is 0 Å². The molecule has 0 rings (SSSR count). The van der Waals surface area contributed by atoms with Gasteiger partial charge in [0.1, 0.15) is 12.6 Å². The summed E-state index contributed by atoms with van der Waals surface area (Å²) in [6.07, 6.45) is -0.257. The number of nitrogens with zero attached hydrogens (tertiary/aromatic N) is 1. The molecule has 1 unspecified atom stereocenters. The number of hydrogen-bond donors (Lipinski definition) is 4. The molecule has 20 heavy (non-hydrogen) atoms. The Labute approximate surface area is 116 Å². The number of hydrogen-bond acceptors (Lipinski definition) is 4. The second-order valence-corrected chi connectivity index (χ2v) is 4.03. The molecule has 0 spiro atoms. The van der Waals surface area contributed by atoms with Gasteiger partial charge in [-0.2, -0.15) is 0 Å². The van der Waals surface area contributed by atoms with Gasteiger partial charge in [-0.1, -0.05) is 0 Å². The average Bonchev–Trinajstić information content (AvgIpc) is 2.39. The summed E-state index contributed by atoms with van der Waals surface area (Å²) in [5, 5.41) is 13.6. The third-order valence-electron chi connectivity index (χ3n) is 2.56. The van der Waals surface area contributed by atoms with Gasteiger partial charge in [0.25, 0.3) is 0 Å². The zero-order valence-corrected chi connectivity index (χ0v) is 11.5. The van der Waals surface area contributed by atoms with Gasteiger partial charge in [-0.05, 0) is 13.3 Å². The summed E-state index contributed by atoms with van der Waals surface area (Å²) in [6.45, 7) is 1.71. The highest BCUT2D eigenvalue weighted by molar-refractivity contribution is 5.86. The number of urea groups is 1. The van der Waals surface area contributed by atoms with E-state index in [-0.39, 0.29) is 31.8 Å². The third kappa shape index (κ3) is 6.57. The van der Waals surface area contributed by atoms with E-state index in [4.69, 9.17) is 10.8 Å². The van der Waals surface area contributed by atoms with Gasteiger partial charge in [0.15, 0.2) is 0 Å². The number of carboxylic acids is 1. The summed E-state index contributed by atoms with van der Waals surface area (Å²) in [7, 11) is 1.43. The van der Waals surface area contributed by atoms with Gasteiger partial charge >= 0.3 is 12.0 Å². The number of carbonyl (C=O) groups is 4. The highest BCUT2D eigenvalue weighted by Gasteiger charge is 2.23. The molecule has 114 valence electrons. The number of likely N-dealkylation sites (N-methyl/N-ethyl adjacent to an activating group) is 2. The molecular formula is C11H20N4O5. The fourth-order valence-electron chi connectivity index (χ4n) is 1.36. The van der Waals surface area contributed by atoms with Gasteiger partial charge < -0.3 is 26.4 Å². The third-order valence-corrected chi connectivity index (χ3v) is 2.56. The lowest BCUT2D eigenvalue weighted by atomic mass is 10.1. The first-order valence-electron chi connectivity index (χ1n) is 6.08. The lowest BCUT2D eigenvalue weighted by Crippen LogP contribution is -2.50. The number of nitrogens with two attached hydrogens (primary N) is 1. The van der Waals surface area contributed by atoms with Crippen molar-refractivity contribution in [2.24, 2.45) is 5.73 Å². The van der Waals surface area contributed by atoms with E-state index in [9.17, 15) is 19.2 Å². The van der Waals surface area contributed by atoms with E-state index in [1.807, 2.05) is 0 Å². The molecule has 0 heterocycles. The SMILES string of the molecule is CCN(CC(=O)NC)C(=O)NC(CCC(N)=O)C(=O)O. The van der Waals surface area contributed by atoms with Crippen molar-refractivity contribution in [1.29, 1.82) is 0 Å². The molecule has 4 amide bonds. The van der Waals surface area contributed by atoms with Gasteiger partial charge in [0.05, 0.1) is 0 Å². The minimum Gasteiger partial charge on any atom is -0.480 e. The van der Waals surface area contributed by atoms with Crippen LogP contribution >= 0.6 is 0 Å². The fourth-order valence-corrected chi connectivity index (χ4v) is 1.36. The molecule has 0 radical (unpaired) electrons. The Morgan fingerprint density at radius 3 is 2.30 bits per heavy atom. The molecule has 0 aromatic rings. The van der Waals surface area contributed by atoms with E-state index in [1.54, 1.807) is 6.92 Å². The summed E-state index contributed by atoms with van der Waals surface area (Å²) in [5.41, 5.74) is 4.93. The summed E-state index contributed by atoms with van der Waals surface area (Å²) in [6, 6.07) is -1.92. The number of rotatable bonds is 8. The van der Waals surface area contributed by atoms with Gasteiger partial charge in [-0.15, -0.1) is 0 Å². The number of carbonyl (C=O) groups excluding carboxylic acids is 3. The maximum Gasteiger partial charge on any atom is 0.326 e. The Morgan fingerprint density at radius 1 is 1.30 bits per heavy atom. The molecule has 0 aromatic carbocycles. The van der Waals surface area contributed by atoms with Crippen LogP contribution in [0.2, 0.25) is 0 Å². The minimum atomic E-state index is -1.27. The Bertz CT molecular complexity index is 385. The summed E-state index contributed by atoms with van der Waals surface area (Å²) < 4.78 is 0. The second-order valence-electron chi connectivity index (χ2n) is 4.03. The van der Waals surface area contributed by atoms with Crippen LogP contribution < -0.4 is 16.4 Å².